The highest BCUT2D eigenvalue weighted by atomic mass is 79.9. The Morgan fingerprint density at radius 3 is 2.12 bits per heavy atom. The first-order chi connectivity index (χ1) is 16.0. The number of rotatable bonds is 5. The minimum absolute atomic E-state index is 0.274. The van der Waals surface area contributed by atoms with Crippen molar-refractivity contribution >= 4 is 39.1 Å². The Balaban J connectivity index is 1.54. The van der Waals surface area contributed by atoms with E-state index in [9.17, 15) is 14.7 Å². The van der Waals surface area contributed by atoms with Crippen LogP contribution >= 0.6 is 15.9 Å². The van der Waals surface area contributed by atoms with E-state index in [1.165, 1.54) is 4.90 Å². The van der Waals surface area contributed by atoms with Crippen LogP contribution in [0.4, 0.5) is 11.4 Å². The van der Waals surface area contributed by atoms with Gasteiger partial charge in [-0.25, -0.2) is 9.91 Å². The predicted octanol–water partition coefficient (Wildman–Crippen LogP) is 4.31. The lowest BCUT2D eigenvalue weighted by molar-refractivity contribution is -0.123. The Bertz CT molecular complexity index is 1180. The van der Waals surface area contributed by atoms with Crippen LogP contribution in [-0.4, -0.2) is 34.0 Å². The van der Waals surface area contributed by atoms with Gasteiger partial charge >= 0.3 is 0 Å². The maximum atomic E-state index is 13.6. The van der Waals surface area contributed by atoms with Gasteiger partial charge in [-0.05, 0) is 42.0 Å². The molecule has 1 fully saturated rings. The molecule has 1 saturated heterocycles. The summed E-state index contributed by atoms with van der Waals surface area (Å²) in [5.41, 5.74) is 5.32. The Hall–Kier alpha value is -3.26. The van der Waals surface area contributed by atoms with Crippen LogP contribution in [0.5, 0.6) is 0 Å². The van der Waals surface area contributed by atoms with Gasteiger partial charge in [-0.15, -0.1) is 0 Å². The summed E-state index contributed by atoms with van der Waals surface area (Å²) in [6.45, 7) is 0. The highest BCUT2D eigenvalue weighted by Gasteiger charge is 2.54. The number of amides is 2. The van der Waals surface area contributed by atoms with Gasteiger partial charge in [0.05, 0.1) is 23.8 Å². The van der Waals surface area contributed by atoms with Crippen molar-refractivity contribution in [3.8, 4) is 0 Å². The van der Waals surface area contributed by atoms with E-state index in [0.717, 1.165) is 10.2 Å². The second kappa shape index (κ2) is 8.94. The minimum atomic E-state index is -0.916. The summed E-state index contributed by atoms with van der Waals surface area (Å²) in [5.74, 6) is -1.25. The van der Waals surface area contributed by atoms with E-state index in [2.05, 4.69) is 21.4 Å². The Morgan fingerprint density at radius 2 is 1.45 bits per heavy atom. The maximum Gasteiger partial charge on any atom is 0.254 e. The van der Waals surface area contributed by atoms with Crippen LogP contribution < -0.4 is 10.3 Å². The van der Waals surface area contributed by atoms with E-state index in [1.54, 1.807) is 35.4 Å². The Labute approximate surface area is 200 Å². The third-order valence-corrected chi connectivity index (χ3v) is 6.57. The minimum Gasteiger partial charge on any atom is -0.386 e. The fourth-order valence-electron chi connectivity index (χ4n) is 4.42. The standard InChI is InChI=1S/C26H22BrN3O3/c27-18-13-11-17(12-14-18)24(31)22-16-15-21-23(30(22)28-19-7-3-1-4-8-19)26(33)29(25(21)32)20-9-5-2-6-10-20/h1-16,21-24,28,31H. The molecule has 0 aromatic heterocycles. The summed E-state index contributed by atoms with van der Waals surface area (Å²) < 4.78 is 0.909. The number of hydrogen-bond donors (Lipinski definition) is 2. The molecule has 4 atom stereocenters. The summed E-state index contributed by atoms with van der Waals surface area (Å²) in [5, 5.41) is 13.0. The molecule has 166 valence electrons. The number of aliphatic hydroxyl groups is 1. The number of carbonyl (C=O) groups excluding carboxylic acids is 2. The zero-order valence-corrected chi connectivity index (χ0v) is 19.2. The van der Waals surface area contributed by atoms with E-state index in [0.29, 0.717) is 11.3 Å². The molecule has 2 N–H and O–H groups in total. The SMILES string of the molecule is O=C1C2C=CC(C(O)c3ccc(Br)cc3)N(Nc3ccccc3)C2C(=O)N1c1ccccc1. The number of imide groups is 1. The summed E-state index contributed by atoms with van der Waals surface area (Å²) in [4.78, 5) is 28.1. The van der Waals surface area contributed by atoms with E-state index in [-0.39, 0.29) is 11.8 Å². The molecule has 2 heterocycles. The normalized spacial score (nSPS) is 23.5. The van der Waals surface area contributed by atoms with Crippen LogP contribution in [0.2, 0.25) is 0 Å². The third-order valence-electron chi connectivity index (χ3n) is 6.04. The average molecular weight is 504 g/mol. The van der Waals surface area contributed by atoms with Gasteiger partial charge in [0, 0.05) is 10.2 Å². The van der Waals surface area contributed by atoms with E-state index in [1.807, 2.05) is 66.7 Å². The Kier molecular flexibility index (Phi) is 5.85. The molecular formula is C26H22BrN3O3. The van der Waals surface area contributed by atoms with Gasteiger partial charge in [0.15, 0.2) is 0 Å². The molecule has 0 radical (unpaired) electrons. The lowest BCUT2D eigenvalue weighted by atomic mass is 9.90. The van der Waals surface area contributed by atoms with Crippen molar-refractivity contribution in [2.75, 3.05) is 10.3 Å². The lowest BCUT2D eigenvalue weighted by Crippen LogP contribution is -2.55. The lowest BCUT2D eigenvalue weighted by Gasteiger charge is -2.40. The number of anilines is 2. The molecule has 0 bridgehead atoms. The number of nitrogens with one attached hydrogen (secondary N) is 1. The van der Waals surface area contributed by atoms with Crippen LogP contribution in [-0.2, 0) is 9.59 Å². The zero-order valence-electron chi connectivity index (χ0n) is 17.6. The van der Waals surface area contributed by atoms with Crippen LogP contribution in [0.25, 0.3) is 0 Å². The van der Waals surface area contributed by atoms with Gasteiger partial charge in [0.2, 0.25) is 5.91 Å². The number of aliphatic hydroxyl groups excluding tert-OH is 1. The largest absolute Gasteiger partial charge is 0.386 e. The van der Waals surface area contributed by atoms with Crippen LogP contribution in [0.3, 0.4) is 0 Å². The number of benzene rings is 3. The number of nitrogens with zero attached hydrogens (tertiary/aromatic N) is 2. The van der Waals surface area contributed by atoms with Gasteiger partial charge in [-0.1, -0.05) is 76.6 Å². The van der Waals surface area contributed by atoms with Crippen molar-refractivity contribution in [3.05, 3.63) is 107 Å². The zero-order chi connectivity index (χ0) is 22.9. The van der Waals surface area contributed by atoms with Gasteiger partial charge in [-0.3, -0.25) is 9.59 Å². The van der Waals surface area contributed by atoms with E-state index >= 15 is 0 Å². The van der Waals surface area contributed by atoms with Crippen LogP contribution in [0, 0.1) is 5.92 Å². The number of hydrogen-bond acceptors (Lipinski definition) is 5. The molecule has 3 aromatic carbocycles. The van der Waals surface area contributed by atoms with Crippen molar-refractivity contribution < 1.29 is 14.7 Å². The molecule has 0 aliphatic carbocycles. The van der Waals surface area contributed by atoms with Crippen molar-refractivity contribution in [1.29, 1.82) is 0 Å². The number of carbonyl (C=O) groups is 2. The van der Waals surface area contributed by atoms with Gasteiger partial charge in [0.25, 0.3) is 5.91 Å². The summed E-state index contributed by atoms with van der Waals surface area (Å²) >= 11 is 3.42. The van der Waals surface area contributed by atoms with Crippen molar-refractivity contribution in [3.63, 3.8) is 0 Å². The average Bonchev–Trinajstić information content (AvgIpc) is 3.10. The maximum absolute atomic E-state index is 13.6. The molecule has 2 aliphatic heterocycles. The van der Waals surface area contributed by atoms with Gasteiger partial charge in [0.1, 0.15) is 6.04 Å². The molecule has 0 spiro atoms. The predicted molar refractivity (Wildman–Crippen MR) is 130 cm³/mol. The second-order valence-electron chi connectivity index (χ2n) is 8.08. The molecule has 2 amide bonds. The van der Waals surface area contributed by atoms with Gasteiger partial charge in [-0.2, -0.15) is 0 Å². The van der Waals surface area contributed by atoms with Crippen LogP contribution in [0.15, 0.2) is 102 Å². The number of halogens is 1. The molecule has 6 nitrogen and oxygen atoms in total. The number of para-hydroxylation sites is 2. The summed E-state index contributed by atoms with van der Waals surface area (Å²) in [6, 6.07) is 24.4. The topological polar surface area (TPSA) is 72.9 Å². The Morgan fingerprint density at radius 1 is 0.818 bits per heavy atom. The first kappa shape index (κ1) is 21.6. The third kappa shape index (κ3) is 3.99. The van der Waals surface area contributed by atoms with E-state index in [4.69, 9.17) is 0 Å². The highest BCUT2D eigenvalue weighted by Crippen LogP contribution is 2.38. The van der Waals surface area contributed by atoms with E-state index < -0.39 is 24.1 Å². The molecule has 5 rings (SSSR count). The van der Waals surface area contributed by atoms with Crippen LogP contribution in [0.1, 0.15) is 11.7 Å². The summed E-state index contributed by atoms with van der Waals surface area (Å²) in [6.07, 6.45) is 2.65. The number of fused-ring (bicyclic) bond motifs is 1. The molecule has 33 heavy (non-hydrogen) atoms. The fraction of sp³-hybridized carbons (Fsp3) is 0.154. The molecule has 4 unspecified atom stereocenters. The number of hydrazine groups is 1. The molecule has 7 heteroatoms. The molecule has 3 aromatic rings. The monoisotopic (exact) mass is 503 g/mol. The van der Waals surface area contributed by atoms with Crippen molar-refractivity contribution in [2.45, 2.75) is 18.2 Å². The van der Waals surface area contributed by atoms with Crippen molar-refractivity contribution in [1.82, 2.24) is 5.01 Å². The molecule has 2 aliphatic rings. The molecular weight excluding hydrogens is 482 g/mol. The smallest absolute Gasteiger partial charge is 0.254 e. The first-order valence-electron chi connectivity index (χ1n) is 10.7. The summed E-state index contributed by atoms with van der Waals surface area (Å²) in [7, 11) is 0. The van der Waals surface area contributed by atoms with Crippen molar-refractivity contribution in [2.24, 2.45) is 5.92 Å². The first-order valence-corrected chi connectivity index (χ1v) is 11.5. The highest BCUT2D eigenvalue weighted by molar-refractivity contribution is 9.10. The quantitative estimate of drug-likeness (QED) is 0.401. The van der Waals surface area contributed by atoms with Gasteiger partial charge < -0.3 is 10.5 Å². The molecule has 0 saturated carbocycles. The second-order valence-corrected chi connectivity index (χ2v) is 8.99. The fourth-order valence-corrected chi connectivity index (χ4v) is 4.69.